The SMILES string of the molecule is O=C1[C@@H]2CC=CC[C@H]2C(=O)N1c1ncn[nH]1. The summed E-state index contributed by atoms with van der Waals surface area (Å²) in [6.45, 7) is 0. The van der Waals surface area contributed by atoms with E-state index in [4.69, 9.17) is 0 Å². The zero-order chi connectivity index (χ0) is 11.1. The first kappa shape index (κ1) is 9.26. The van der Waals surface area contributed by atoms with Crippen LogP contribution in [-0.4, -0.2) is 27.0 Å². The van der Waals surface area contributed by atoms with Crippen molar-refractivity contribution in [2.45, 2.75) is 12.8 Å². The molecular formula is C10H10N4O2. The Balaban J connectivity index is 1.98. The van der Waals surface area contributed by atoms with E-state index in [-0.39, 0.29) is 29.6 Å². The number of H-pyrrole nitrogens is 1. The van der Waals surface area contributed by atoms with E-state index in [2.05, 4.69) is 15.2 Å². The molecule has 82 valence electrons. The van der Waals surface area contributed by atoms with E-state index in [9.17, 15) is 9.59 Å². The molecule has 1 N–H and O–H groups in total. The van der Waals surface area contributed by atoms with Crippen LogP contribution in [0.1, 0.15) is 12.8 Å². The predicted octanol–water partition coefficient (Wildman–Crippen LogP) is 0.260. The third-order valence-electron chi connectivity index (χ3n) is 3.12. The van der Waals surface area contributed by atoms with Crippen LogP contribution in [0.2, 0.25) is 0 Å². The number of imide groups is 1. The lowest BCUT2D eigenvalue weighted by atomic mass is 9.85. The van der Waals surface area contributed by atoms with Crippen molar-refractivity contribution in [1.29, 1.82) is 0 Å². The average molecular weight is 218 g/mol. The third-order valence-corrected chi connectivity index (χ3v) is 3.12. The van der Waals surface area contributed by atoms with E-state index < -0.39 is 0 Å². The molecule has 0 spiro atoms. The molecule has 1 fully saturated rings. The second-order valence-corrected chi connectivity index (χ2v) is 3.98. The monoisotopic (exact) mass is 218 g/mol. The van der Waals surface area contributed by atoms with Gasteiger partial charge in [-0.15, -0.1) is 0 Å². The molecule has 2 heterocycles. The predicted molar refractivity (Wildman–Crippen MR) is 54.2 cm³/mol. The van der Waals surface area contributed by atoms with Crippen molar-refractivity contribution in [3.63, 3.8) is 0 Å². The van der Waals surface area contributed by atoms with Crippen molar-refractivity contribution < 1.29 is 9.59 Å². The highest BCUT2D eigenvalue weighted by Crippen LogP contribution is 2.36. The first-order chi connectivity index (χ1) is 7.79. The Hall–Kier alpha value is -1.98. The fraction of sp³-hybridized carbons (Fsp3) is 0.400. The molecule has 2 amide bonds. The molecule has 2 atom stereocenters. The molecule has 16 heavy (non-hydrogen) atoms. The lowest BCUT2D eigenvalue weighted by Crippen LogP contribution is -2.31. The first-order valence-electron chi connectivity index (χ1n) is 5.17. The zero-order valence-corrected chi connectivity index (χ0v) is 8.46. The number of rotatable bonds is 1. The van der Waals surface area contributed by atoms with Gasteiger partial charge in [-0.3, -0.25) is 9.59 Å². The number of fused-ring (bicyclic) bond motifs is 1. The van der Waals surface area contributed by atoms with Crippen LogP contribution in [0.3, 0.4) is 0 Å². The van der Waals surface area contributed by atoms with E-state index >= 15 is 0 Å². The number of carbonyl (C=O) groups excluding carboxylic acids is 2. The third kappa shape index (κ3) is 1.13. The summed E-state index contributed by atoms with van der Waals surface area (Å²) in [5.41, 5.74) is 0. The van der Waals surface area contributed by atoms with Gasteiger partial charge in [0.05, 0.1) is 11.8 Å². The Morgan fingerprint density at radius 2 is 1.81 bits per heavy atom. The van der Waals surface area contributed by atoms with Crippen molar-refractivity contribution >= 4 is 17.8 Å². The number of hydrogen-bond donors (Lipinski definition) is 1. The van der Waals surface area contributed by atoms with Gasteiger partial charge in [0.2, 0.25) is 17.8 Å². The summed E-state index contributed by atoms with van der Waals surface area (Å²) in [4.78, 5) is 29.0. The summed E-state index contributed by atoms with van der Waals surface area (Å²) in [5, 5.41) is 6.21. The van der Waals surface area contributed by atoms with Gasteiger partial charge in [-0.2, -0.15) is 10.1 Å². The molecule has 1 aliphatic heterocycles. The molecular weight excluding hydrogens is 208 g/mol. The number of nitrogens with one attached hydrogen (secondary N) is 1. The summed E-state index contributed by atoms with van der Waals surface area (Å²) >= 11 is 0. The van der Waals surface area contributed by atoms with Crippen molar-refractivity contribution in [2.75, 3.05) is 4.90 Å². The summed E-state index contributed by atoms with van der Waals surface area (Å²) in [6, 6.07) is 0. The van der Waals surface area contributed by atoms with Gasteiger partial charge in [0.25, 0.3) is 0 Å². The number of nitrogens with zero attached hydrogens (tertiary/aromatic N) is 3. The highest BCUT2D eigenvalue weighted by molar-refractivity contribution is 6.21. The number of aromatic nitrogens is 3. The minimum absolute atomic E-state index is 0.170. The van der Waals surface area contributed by atoms with Gasteiger partial charge < -0.3 is 0 Å². The summed E-state index contributed by atoms with van der Waals surface area (Å²) in [5.74, 6) is -0.554. The van der Waals surface area contributed by atoms with Crippen LogP contribution in [0.15, 0.2) is 18.5 Å². The smallest absolute Gasteiger partial charge is 0.240 e. The average Bonchev–Trinajstić information content (AvgIpc) is 2.89. The van der Waals surface area contributed by atoms with Gasteiger partial charge in [-0.1, -0.05) is 12.2 Å². The summed E-state index contributed by atoms with van der Waals surface area (Å²) in [6.07, 6.45) is 6.47. The number of hydrogen-bond acceptors (Lipinski definition) is 4. The van der Waals surface area contributed by atoms with Crippen molar-refractivity contribution in [1.82, 2.24) is 15.2 Å². The Labute approximate surface area is 91.3 Å². The van der Waals surface area contributed by atoms with Crippen LogP contribution >= 0.6 is 0 Å². The molecule has 6 heteroatoms. The lowest BCUT2D eigenvalue weighted by Gasteiger charge is -2.14. The molecule has 1 aliphatic carbocycles. The second kappa shape index (κ2) is 3.26. The van der Waals surface area contributed by atoms with Crippen molar-refractivity contribution in [3.05, 3.63) is 18.5 Å². The maximum atomic E-state index is 12.0. The van der Waals surface area contributed by atoms with E-state index in [0.717, 1.165) is 4.90 Å². The quantitative estimate of drug-likeness (QED) is 0.541. The molecule has 1 saturated heterocycles. The molecule has 2 aliphatic rings. The normalized spacial score (nSPS) is 28.6. The number of carbonyl (C=O) groups is 2. The van der Waals surface area contributed by atoms with Crippen LogP contribution in [0.4, 0.5) is 5.95 Å². The van der Waals surface area contributed by atoms with Crippen LogP contribution in [0.5, 0.6) is 0 Å². The largest absolute Gasteiger partial charge is 0.274 e. The summed E-state index contributed by atoms with van der Waals surface area (Å²) < 4.78 is 0. The molecule has 0 unspecified atom stereocenters. The molecule has 1 aromatic rings. The molecule has 6 nitrogen and oxygen atoms in total. The first-order valence-corrected chi connectivity index (χ1v) is 5.17. The Bertz CT molecular complexity index is 439. The topological polar surface area (TPSA) is 79.0 Å². The van der Waals surface area contributed by atoms with Crippen LogP contribution < -0.4 is 4.90 Å². The molecule has 1 aromatic heterocycles. The molecule has 0 radical (unpaired) electrons. The Morgan fingerprint density at radius 1 is 1.19 bits per heavy atom. The number of amides is 2. The minimum atomic E-state index is -0.220. The maximum absolute atomic E-state index is 12.0. The maximum Gasteiger partial charge on any atom is 0.240 e. The van der Waals surface area contributed by atoms with Crippen molar-refractivity contribution in [3.8, 4) is 0 Å². The fourth-order valence-corrected chi connectivity index (χ4v) is 2.32. The zero-order valence-electron chi connectivity index (χ0n) is 8.46. The van der Waals surface area contributed by atoms with Gasteiger partial charge in [0.1, 0.15) is 6.33 Å². The minimum Gasteiger partial charge on any atom is -0.274 e. The number of anilines is 1. The standard InChI is InChI=1S/C10H10N4O2/c15-8-6-3-1-2-4-7(6)9(16)14(8)10-11-5-12-13-10/h1-2,5-7H,3-4H2,(H,11,12,13)/t6-,7-/m1/s1. The molecule has 0 aromatic carbocycles. The van der Waals surface area contributed by atoms with E-state index in [1.54, 1.807) is 0 Å². The lowest BCUT2D eigenvalue weighted by molar-refractivity contribution is -0.122. The molecule has 0 bridgehead atoms. The Morgan fingerprint density at radius 3 is 2.31 bits per heavy atom. The van der Waals surface area contributed by atoms with E-state index in [1.165, 1.54) is 6.33 Å². The Kier molecular flexibility index (Phi) is 1.89. The van der Waals surface area contributed by atoms with Gasteiger partial charge in [0, 0.05) is 0 Å². The molecule has 0 saturated carbocycles. The molecule has 3 rings (SSSR count). The highest BCUT2D eigenvalue weighted by atomic mass is 16.2. The second-order valence-electron chi connectivity index (χ2n) is 3.98. The van der Waals surface area contributed by atoms with E-state index in [0.29, 0.717) is 12.8 Å². The number of allylic oxidation sites excluding steroid dienone is 2. The van der Waals surface area contributed by atoms with Gasteiger partial charge in [-0.05, 0) is 12.8 Å². The van der Waals surface area contributed by atoms with Crippen LogP contribution in [-0.2, 0) is 9.59 Å². The summed E-state index contributed by atoms with van der Waals surface area (Å²) in [7, 11) is 0. The van der Waals surface area contributed by atoms with Gasteiger partial charge in [0.15, 0.2) is 0 Å². The number of aromatic amines is 1. The van der Waals surface area contributed by atoms with E-state index in [1.807, 2.05) is 12.2 Å². The van der Waals surface area contributed by atoms with Gasteiger partial charge >= 0.3 is 0 Å². The highest BCUT2D eigenvalue weighted by Gasteiger charge is 2.48. The van der Waals surface area contributed by atoms with Gasteiger partial charge in [-0.25, -0.2) is 10.00 Å². The van der Waals surface area contributed by atoms with Crippen LogP contribution in [0.25, 0.3) is 0 Å². The van der Waals surface area contributed by atoms with Crippen LogP contribution in [0, 0.1) is 11.8 Å². The fourth-order valence-electron chi connectivity index (χ4n) is 2.32. The van der Waals surface area contributed by atoms with Crippen molar-refractivity contribution in [2.24, 2.45) is 11.8 Å².